The molecule has 0 spiro atoms. The first-order valence-electron chi connectivity index (χ1n) is 7.27. The fourth-order valence-electron chi connectivity index (χ4n) is 2.12. The third-order valence-corrected chi connectivity index (χ3v) is 6.87. The lowest BCUT2D eigenvalue weighted by Gasteiger charge is -2.37. The number of halogens is 3. The van der Waals surface area contributed by atoms with Gasteiger partial charge in [-0.3, -0.25) is 14.4 Å². The van der Waals surface area contributed by atoms with Crippen molar-refractivity contribution in [2.24, 2.45) is 11.7 Å². The lowest BCUT2D eigenvalue weighted by Crippen LogP contribution is -2.52. The Kier molecular flexibility index (Phi) is 8.71. The standard InChI is InChI=1S/C14H18I3N3O6/c1-4(3-21)19-13(25)7-9(16)10(20-12(24)5(2)22)8(15)6(11(18)23)14(7,17)26/h4-5,7,21-22,26H,3H2,1-2H3,(H2,18,23)(H,19,25)(H,20,24). The summed E-state index contributed by atoms with van der Waals surface area (Å²) in [7, 11) is 0. The van der Waals surface area contributed by atoms with E-state index in [0.717, 1.165) is 0 Å². The highest BCUT2D eigenvalue weighted by molar-refractivity contribution is 14.1. The van der Waals surface area contributed by atoms with E-state index in [9.17, 15) is 24.6 Å². The minimum Gasteiger partial charge on any atom is -0.394 e. The number of hydrogen-bond acceptors (Lipinski definition) is 6. The van der Waals surface area contributed by atoms with Gasteiger partial charge in [-0.1, -0.05) is 0 Å². The molecule has 146 valence electrons. The van der Waals surface area contributed by atoms with E-state index in [0.29, 0.717) is 0 Å². The predicted octanol–water partition coefficient (Wildman–Crippen LogP) is -0.445. The molecule has 0 fully saturated rings. The van der Waals surface area contributed by atoms with Crippen molar-refractivity contribution >= 4 is 85.5 Å². The highest BCUT2D eigenvalue weighted by Gasteiger charge is 2.51. The number of carbonyl (C=O) groups excluding carboxylic acids is 3. The van der Waals surface area contributed by atoms with Crippen molar-refractivity contribution in [3.63, 3.8) is 0 Å². The van der Waals surface area contributed by atoms with Gasteiger partial charge in [-0.15, -0.1) is 0 Å². The van der Waals surface area contributed by atoms with E-state index in [1.807, 2.05) is 0 Å². The second-order valence-electron chi connectivity index (χ2n) is 5.64. The highest BCUT2D eigenvalue weighted by atomic mass is 127. The second-order valence-corrected chi connectivity index (χ2v) is 9.53. The van der Waals surface area contributed by atoms with Crippen LogP contribution >= 0.6 is 67.8 Å². The fraction of sp³-hybridized carbons (Fsp3) is 0.500. The molecule has 0 aromatic carbocycles. The Balaban J connectivity index is 3.53. The van der Waals surface area contributed by atoms with Crippen LogP contribution in [-0.4, -0.2) is 55.4 Å². The number of amides is 3. The number of aliphatic hydroxyl groups is 3. The number of carbonyl (C=O) groups is 3. The second kappa shape index (κ2) is 9.44. The van der Waals surface area contributed by atoms with Gasteiger partial charge >= 0.3 is 0 Å². The zero-order valence-corrected chi connectivity index (χ0v) is 20.2. The first kappa shape index (κ1) is 24.0. The topological polar surface area (TPSA) is 162 Å². The normalized spacial score (nSPS) is 25.6. The van der Waals surface area contributed by atoms with Gasteiger partial charge in [0.2, 0.25) is 11.8 Å². The van der Waals surface area contributed by atoms with Crippen LogP contribution in [0, 0.1) is 5.92 Å². The number of alkyl halides is 1. The van der Waals surface area contributed by atoms with Crippen LogP contribution in [0.25, 0.3) is 0 Å². The van der Waals surface area contributed by atoms with Crippen molar-refractivity contribution in [2.75, 3.05) is 6.61 Å². The van der Waals surface area contributed by atoms with E-state index in [4.69, 9.17) is 10.8 Å². The SMILES string of the molecule is CC(CO)NC(=O)C1C(I)=C(NC(=O)C(C)O)C(I)=C(C(N)=O)C1(O)I. The Bertz CT molecular complexity index is 689. The van der Waals surface area contributed by atoms with Gasteiger partial charge in [0, 0.05) is 13.2 Å². The van der Waals surface area contributed by atoms with Crippen LogP contribution in [0.1, 0.15) is 13.8 Å². The summed E-state index contributed by atoms with van der Waals surface area (Å²) in [5.74, 6) is -3.61. The van der Waals surface area contributed by atoms with Gasteiger partial charge in [0.25, 0.3) is 5.91 Å². The summed E-state index contributed by atoms with van der Waals surface area (Å²) in [4.78, 5) is 36.5. The molecule has 0 heterocycles. The van der Waals surface area contributed by atoms with Gasteiger partial charge in [0.15, 0.2) is 3.61 Å². The van der Waals surface area contributed by atoms with Crippen molar-refractivity contribution < 1.29 is 29.7 Å². The van der Waals surface area contributed by atoms with Crippen molar-refractivity contribution in [1.29, 1.82) is 0 Å². The molecule has 1 aliphatic rings. The molecular formula is C14H18I3N3O6. The first-order valence-corrected chi connectivity index (χ1v) is 10.5. The van der Waals surface area contributed by atoms with Crippen molar-refractivity contribution in [3.05, 3.63) is 18.4 Å². The average Bonchev–Trinajstić information content (AvgIpc) is 2.49. The molecule has 4 atom stereocenters. The molecular weight excluding hydrogens is 687 g/mol. The molecule has 0 radical (unpaired) electrons. The molecule has 0 saturated carbocycles. The molecule has 0 aromatic heterocycles. The summed E-state index contributed by atoms with van der Waals surface area (Å²) in [6.07, 6.45) is -1.32. The van der Waals surface area contributed by atoms with E-state index in [1.165, 1.54) is 6.92 Å². The Morgan fingerprint density at radius 3 is 2.27 bits per heavy atom. The average molecular weight is 705 g/mol. The Morgan fingerprint density at radius 2 is 1.85 bits per heavy atom. The highest BCUT2D eigenvalue weighted by Crippen LogP contribution is 2.49. The van der Waals surface area contributed by atoms with Gasteiger partial charge in [0.05, 0.1) is 17.9 Å². The molecule has 0 saturated heterocycles. The van der Waals surface area contributed by atoms with Gasteiger partial charge in [-0.2, -0.15) is 0 Å². The minimum absolute atomic E-state index is 0.115. The summed E-state index contributed by atoms with van der Waals surface area (Å²) < 4.78 is -1.54. The number of nitrogens with one attached hydrogen (secondary N) is 2. The molecule has 0 aliphatic heterocycles. The molecule has 9 nitrogen and oxygen atoms in total. The molecule has 0 aromatic rings. The van der Waals surface area contributed by atoms with Crippen LogP contribution in [0.5, 0.6) is 0 Å². The van der Waals surface area contributed by atoms with Crippen LogP contribution in [0.3, 0.4) is 0 Å². The fourth-order valence-corrected chi connectivity index (χ4v) is 7.12. The quantitative estimate of drug-likeness (QED) is 0.162. The predicted molar refractivity (Wildman–Crippen MR) is 118 cm³/mol. The number of primary amides is 1. The molecule has 7 N–H and O–H groups in total. The van der Waals surface area contributed by atoms with Crippen LogP contribution < -0.4 is 16.4 Å². The van der Waals surface area contributed by atoms with E-state index < -0.39 is 39.4 Å². The molecule has 1 aliphatic carbocycles. The number of hydrogen-bond donors (Lipinski definition) is 6. The van der Waals surface area contributed by atoms with Gasteiger partial charge in [0.1, 0.15) is 12.0 Å². The maximum Gasteiger partial charge on any atom is 0.252 e. The third kappa shape index (κ3) is 5.06. The van der Waals surface area contributed by atoms with E-state index in [-0.39, 0.29) is 25.0 Å². The summed E-state index contributed by atoms with van der Waals surface area (Å²) in [5, 5.41) is 34.5. The van der Waals surface area contributed by atoms with Gasteiger partial charge in [-0.05, 0) is 81.6 Å². The Morgan fingerprint density at radius 1 is 1.31 bits per heavy atom. The van der Waals surface area contributed by atoms with Crippen molar-refractivity contribution in [2.45, 2.75) is 29.6 Å². The van der Waals surface area contributed by atoms with E-state index >= 15 is 0 Å². The maximum absolute atomic E-state index is 12.7. The van der Waals surface area contributed by atoms with Crippen LogP contribution in [-0.2, 0) is 14.4 Å². The van der Waals surface area contributed by atoms with Crippen molar-refractivity contribution in [3.8, 4) is 0 Å². The van der Waals surface area contributed by atoms with E-state index in [2.05, 4.69) is 10.6 Å². The smallest absolute Gasteiger partial charge is 0.252 e. The van der Waals surface area contributed by atoms with Crippen LogP contribution in [0.4, 0.5) is 0 Å². The van der Waals surface area contributed by atoms with Gasteiger partial charge < -0.3 is 31.7 Å². The number of allylic oxidation sites excluding steroid dienone is 1. The van der Waals surface area contributed by atoms with Crippen LogP contribution in [0.15, 0.2) is 18.4 Å². The zero-order chi connectivity index (χ0) is 20.4. The first-order chi connectivity index (χ1) is 11.9. The maximum atomic E-state index is 12.7. The number of aliphatic hydroxyl groups excluding tert-OH is 2. The van der Waals surface area contributed by atoms with Gasteiger partial charge in [-0.25, -0.2) is 0 Å². The largest absolute Gasteiger partial charge is 0.394 e. The summed E-state index contributed by atoms with van der Waals surface area (Å²) in [6, 6.07) is -0.587. The Labute approximate surface area is 190 Å². The molecule has 4 unspecified atom stereocenters. The number of nitrogens with two attached hydrogens (primary N) is 1. The van der Waals surface area contributed by atoms with Crippen LogP contribution in [0.2, 0.25) is 0 Å². The molecule has 0 bridgehead atoms. The molecule has 1 rings (SSSR count). The molecule has 26 heavy (non-hydrogen) atoms. The minimum atomic E-state index is -1.96. The monoisotopic (exact) mass is 705 g/mol. The summed E-state index contributed by atoms with van der Waals surface area (Å²) >= 11 is 5.09. The lowest BCUT2D eigenvalue weighted by atomic mass is 9.87. The third-order valence-electron chi connectivity index (χ3n) is 3.46. The molecule has 3 amide bonds. The van der Waals surface area contributed by atoms with E-state index in [1.54, 1.807) is 74.7 Å². The molecule has 12 heteroatoms. The van der Waals surface area contributed by atoms with Crippen molar-refractivity contribution in [1.82, 2.24) is 10.6 Å². The Hall–Kier alpha value is -0.0400. The summed E-state index contributed by atoms with van der Waals surface area (Å²) in [6.45, 7) is 2.51. The summed E-state index contributed by atoms with van der Waals surface area (Å²) in [5.41, 5.74) is 5.27. The zero-order valence-electron chi connectivity index (χ0n) is 13.7. The lowest BCUT2D eigenvalue weighted by molar-refractivity contribution is -0.129. The number of rotatable bonds is 6.